The normalized spacial score (nSPS) is 19.9. The quantitative estimate of drug-likeness (QED) is 0.267. The Balaban J connectivity index is 1.21. The van der Waals surface area contributed by atoms with Gasteiger partial charge in [-0.1, -0.05) is 0 Å². The SMILES string of the molecule is COC(=O)c1ccc2nc(CN3CC(c4ccc(F)c(COc5ccc(C#N)cc5F)n4)C[C@@H]3CO)n(C[C@@H]3CCO3)c2c1. The van der Waals surface area contributed by atoms with Gasteiger partial charge in [-0.25, -0.2) is 18.6 Å². The molecule has 2 fully saturated rings. The number of imidazole rings is 1. The minimum atomic E-state index is -0.714. The third-order valence-electron chi connectivity index (χ3n) is 8.29. The number of aliphatic hydroxyl groups is 1. The van der Waals surface area contributed by atoms with Gasteiger partial charge < -0.3 is 23.9 Å². The summed E-state index contributed by atoms with van der Waals surface area (Å²) in [5.41, 5.74) is 2.81. The van der Waals surface area contributed by atoms with Crippen molar-refractivity contribution >= 4 is 17.0 Å². The molecule has 4 heterocycles. The van der Waals surface area contributed by atoms with Crippen molar-refractivity contribution in [3.63, 3.8) is 0 Å². The largest absolute Gasteiger partial charge is 0.484 e. The van der Waals surface area contributed by atoms with Crippen LogP contribution in [0, 0.1) is 23.0 Å². The van der Waals surface area contributed by atoms with Crippen LogP contribution in [0.3, 0.4) is 0 Å². The van der Waals surface area contributed by atoms with Crippen LogP contribution in [0.25, 0.3) is 11.0 Å². The molecule has 6 rings (SSSR count). The number of nitrogens with zero attached hydrogens (tertiary/aromatic N) is 5. The molecular formula is C32H31F2N5O5. The number of carbonyl (C=O) groups is 1. The van der Waals surface area contributed by atoms with Crippen molar-refractivity contribution < 1.29 is 32.9 Å². The second kappa shape index (κ2) is 12.7. The van der Waals surface area contributed by atoms with Gasteiger partial charge >= 0.3 is 5.97 Å². The summed E-state index contributed by atoms with van der Waals surface area (Å²) in [4.78, 5) is 23.8. The standard InChI is InChI=1S/C32H31F2N5O5/c1-42-32(41)20-3-5-27-29(12-20)39(15-23-8-9-43-23)31(37-27)16-38-14-21(11-22(38)17-40)26-6-4-24(33)28(36-26)18-44-30-7-2-19(13-35)10-25(30)34/h2-7,10,12,21-23,40H,8-9,11,14-18H2,1H3/t21?,22-,23+/m1/s1. The van der Waals surface area contributed by atoms with Crippen molar-refractivity contribution in [3.05, 3.63) is 88.5 Å². The van der Waals surface area contributed by atoms with Crippen LogP contribution in [-0.2, 0) is 29.2 Å². The molecule has 2 aromatic carbocycles. The number of carbonyl (C=O) groups excluding carboxylic acids is 1. The Kier molecular flexibility index (Phi) is 8.52. The van der Waals surface area contributed by atoms with E-state index in [1.54, 1.807) is 24.3 Å². The molecule has 0 amide bonds. The summed E-state index contributed by atoms with van der Waals surface area (Å²) in [5, 5.41) is 19.2. The lowest BCUT2D eigenvalue weighted by molar-refractivity contribution is -0.0592. The third-order valence-corrected chi connectivity index (χ3v) is 8.29. The van der Waals surface area contributed by atoms with Crippen LogP contribution in [-0.4, -0.2) is 69.5 Å². The maximum absolute atomic E-state index is 14.7. The van der Waals surface area contributed by atoms with Gasteiger partial charge in [0, 0.05) is 30.8 Å². The van der Waals surface area contributed by atoms with Crippen molar-refractivity contribution in [1.29, 1.82) is 5.26 Å². The molecule has 1 unspecified atom stereocenters. The molecule has 12 heteroatoms. The van der Waals surface area contributed by atoms with E-state index in [9.17, 15) is 18.7 Å². The lowest BCUT2D eigenvalue weighted by Crippen LogP contribution is -2.35. The number of nitriles is 1. The van der Waals surface area contributed by atoms with E-state index >= 15 is 0 Å². The number of benzene rings is 2. The molecule has 3 atom stereocenters. The summed E-state index contributed by atoms with van der Waals surface area (Å²) in [6.45, 7) is 1.91. The maximum Gasteiger partial charge on any atom is 0.337 e. The molecule has 2 saturated heterocycles. The molecule has 1 N–H and O–H groups in total. The number of likely N-dealkylation sites (tertiary alicyclic amines) is 1. The summed E-state index contributed by atoms with van der Waals surface area (Å²) in [7, 11) is 1.34. The van der Waals surface area contributed by atoms with E-state index in [1.165, 1.54) is 25.3 Å². The topological polar surface area (TPSA) is 123 Å². The zero-order chi connectivity index (χ0) is 30.8. The highest BCUT2D eigenvalue weighted by molar-refractivity contribution is 5.93. The molecule has 0 saturated carbocycles. The molecule has 0 aliphatic carbocycles. The predicted molar refractivity (Wildman–Crippen MR) is 154 cm³/mol. The highest BCUT2D eigenvalue weighted by Crippen LogP contribution is 2.33. The lowest BCUT2D eigenvalue weighted by Gasteiger charge is -2.28. The summed E-state index contributed by atoms with van der Waals surface area (Å²) in [5.74, 6) is -1.14. The second-order valence-corrected chi connectivity index (χ2v) is 11.0. The van der Waals surface area contributed by atoms with Crippen LogP contribution in [0.5, 0.6) is 5.75 Å². The van der Waals surface area contributed by atoms with Crippen LogP contribution >= 0.6 is 0 Å². The fourth-order valence-corrected chi connectivity index (χ4v) is 5.80. The molecule has 44 heavy (non-hydrogen) atoms. The molecule has 10 nitrogen and oxygen atoms in total. The number of hydrogen-bond donors (Lipinski definition) is 1. The average Bonchev–Trinajstić information content (AvgIpc) is 3.58. The fourth-order valence-electron chi connectivity index (χ4n) is 5.80. The van der Waals surface area contributed by atoms with Crippen LogP contribution in [0.1, 0.15) is 51.9 Å². The summed E-state index contributed by atoms with van der Waals surface area (Å²) < 4.78 is 47.1. The van der Waals surface area contributed by atoms with Crippen molar-refractivity contribution in [1.82, 2.24) is 19.4 Å². The molecular weight excluding hydrogens is 572 g/mol. The monoisotopic (exact) mass is 603 g/mol. The Bertz CT molecular complexity index is 1730. The van der Waals surface area contributed by atoms with Crippen LogP contribution in [0.15, 0.2) is 48.5 Å². The predicted octanol–water partition coefficient (Wildman–Crippen LogP) is 4.09. The number of rotatable bonds is 10. The Morgan fingerprint density at radius 2 is 2.00 bits per heavy atom. The number of pyridine rings is 1. The number of ether oxygens (including phenoxy) is 3. The molecule has 2 aromatic heterocycles. The van der Waals surface area contributed by atoms with Crippen LogP contribution in [0.2, 0.25) is 0 Å². The number of fused-ring (bicyclic) bond motifs is 1. The maximum atomic E-state index is 14.7. The van der Waals surface area contributed by atoms with E-state index in [-0.39, 0.29) is 48.3 Å². The van der Waals surface area contributed by atoms with E-state index in [2.05, 4.69) is 14.5 Å². The van der Waals surface area contributed by atoms with E-state index in [4.69, 9.17) is 24.5 Å². The molecule has 2 aliphatic heterocycles. The number of esters is 1. The average molecular weight is 604 g/mol. The summed E-state index contributed by atoms with van der Waals surface area (Å²) >= 11 is 0. The number of aliphatic hydroxyl groups excluding tert-OH is 1. The highest BCUT2D eigenvalue weighted by Gasteiger charge is 2.35. The first-order valence-corrected chi connectivity index (χ1v) is 14.4. The summed E-state index contributed by atoms with van der Waals surface area (Å²) in [6, 6.07) is 13.7. The smallest absolute Gasteiger partial charge is 0.337 e. The lowest BCUT2D eigenvalue weighted by atomic mass is 10.0. The Morgan fingerprint density at radius 1 is 1.16 bits per heavy atom. The van der Waals surface area contributed by atoms with Crippen molar-refractivity contribution in [2.75, 3.05) is 26.9 Å². The fraction of sp³-hybridized carbons (Fsp3) is 0.375. The van der Waals surface area contributed by atoms with Gasteiger partial charge in [0.15, 0.2) is 11.6 Å². The van der Waals surface area contributed by atoms with Gasteiger partial charge in [-0.05, 0) is 61.4 Å². The summed E-state index contributed by atoms with van der Waals surface area (Å²) in [6.07, 6.45) is 1.58. The van der Waals surface area contributed by atoms with Gasteiger partial charge in [-0.2, -0.15) is 5.26 Å². The van der Waals surface area contributed by atoms with Gasteiger partial charge in [-0.3, -0.25) is 9.88 Å². The van der Waals surface area contributed by atoms with E-state index < -0.39 is 17.6 Å². The van der Waals surface area contributed by atoms with Crippen molar-refractivity contribution in [2.45, 2.75) is 50.6 Å². The van der Waals surface area contributed by atoms with Crippen molar-refractivity contribution in [2.24, 2.45) is 0 Å². The third kappa shape index (κ3) is 5.99. The zero-order valence-corrected chi connectivity index (χ0v) is 24.1. The second-order valence-electron chi connectivity index (χ2n) is 11.0. The van der Waals surface area contributed by atoms with Crippen LogP contribution in [0.4, 0.5) is 8.78 Å². The minimum Gasteiger partial charge on any atom is -0.484 e. The molecule has 4 aromatic rings. The van der Waals surface area contributed by atoms with Gasteiger partial charge in [0.1, 0.15) is 23.9 Å². The number of aromatic nitrogens is 3. The molecule has 0 spiro atoms. The van der Waals surface area contributed by atoms with Gasteiger partial charge in [0.25, 0.3) is 0 Å². The van der Waals surface area contributed by atoms with Gasteiger partial charge in [0.05, 0.1) is 61.1 Å². The number of halogens is 2. The van der Waals surface area contributed by atoms with Gasteiger partial charge in [0.2, 0.25) is 0 Å². The molecule has 2 aliphatic rings. The first kappa shape index (κ1) is 29.6. The van der Waals surface area contributed by atoms with E-state index in [0.717, 1.165) is 29.3 Å². The molecule has 0 radical (unpaired) electrons. The Morgan fingerprint density at radius 3 is 2.70 bits per heavy atom. The first-order valence-electron chi connectivity index (χ1n) is 14.4. The van der Waals surface area contributed by atoms with Crippen LogP contribution < -0.4 is 4.74 Å². The van der Waals surface area contributed by atoms with Crippen molar-refractivity contribution in [3.8, 4) is 11.8 Å². The Labute approximate surface area is 252 Å². The first-order chi connectivity index (χ1) is 21.4. The number of hydrogen-bond acceptors (Lipinski definition) is 9. The van der Waals surface area contributed by atoms with E-state index in [1.807, 2.05) is 6.07 Å². The van der Waals surface area contributed by atoms with E-state index in [0.29, 0.717) is 43.9 Å². The molecule has 228 valence electrons. The highest BCUT2D eigenvalue weighted by atomic mass is 19.1. The number of methoxy groups -OCH3 is 1. The zero-order valence-electron chi connectivity index (χ0n) is 24.1. The van der Waals surface area contributed by atoms with Gasteiger partial charge in [-0.15, -0.1) is 0 Å². The Hall–Kier alpha value is -4.44. The molecule has 0 bridgehead atoms. The minimum absolute atomic E-state index is 0.0361.